The fraction of sp³-hybridized carbons (Fsp3) is 0.111. The molecule has 2 aliphatic carbocycles. The molecule has 0 bridgehead atoms. The Labute approximate surface area is 317 Å². The minimum atomic E-state index is -0.117. The van der Waals surface area contributed by atoms with Crippen molar-refractivity contribution in [3.63, 3.8) is 0 Å². The number of hydrogen-bond donors (Lipinski definition) is 0. The fourth-order valence-corrected chi connectivity index (χ4v) is 10.2. The second-order valence-corrected chi connectivity index (χ2v) is 16.5. The minimum Gasteiger partial charge on any atom is -0.0622 e. The van der Waals surface area contributed by atoms with Crippen molar-refractivity contribution in [3.05, 3.63) is 192 Å². The van der Waals surface area contributed by atoms with Crippen molar-refractivity contribution in [1.29, 1.82) is 0 Å². The van der Waals surface area contributed by atoms with Gasteiger partial charge in [-0.15, -0.1) is 0 Å². The van der Waals surface area contributed by atoms with E-state index in [2.05, 4.69) is 198 Å². The first kappa shape index (κ1) is 31.3. The van der Waals surface area contributed by atoms with Gasteiger partial charge in [0.1, 0.15) is 0 Å². The maximum atomic E-state index is 2.50. The Bertz CT molecular complexity index is 2970. The summed E-state index contributed by atoms with van der Waals surface area (Å²) in [5, 5.41) is 7.64. The molecular weight excluding hydrogens is 649 g/mol. The second-order valence-electron chi connectivity index (χ2n) is 16.5. The van der Waals surface area contributed by atoms with Gasteiger partial charge in [0.2, 0.25) is 0 Å². The van der Waals surface area contributed by atoms with E-state index in [1.54, 1.807) is 0 Å². The standard InChI is InChI=1S/C54H40/c1-53(2)46-21-13-12-20-44(46)51-48(53)29-27-43-45-32-38(26-28-47(45)54(3,4)52(43)51)50-41-18-10-8-16-39(41)49(40-17-9-11-19-42(40)50)37-25-24-35-30-34(22-23-36(35)31-37)33-14-6-5-7-15-33/h5-32H,1-4H3. The molecule has 0 fully saturated rings. The van der Waals surface area contributed by atoms with Crippen LogP contribution >= 0.6 is 0 Å². The molecule has 0 aromatic heterocycles. The molecular formula is C54H40. The first-order valence-electron chi connectivity index (χ1n) is 19.3. The molecule has 0 amide bonds. The molecule has 0 unspecified atom stereocenters. The van der Waals surface area contributed by atoms with Crippen molar-refractivity contribution in [3.8, 4) is 55.6 Å². The largest absolute Gasteiger partial charge is 0.0622 e. The summed E-state index contributed by atoms with van der Waals surface area (Å²) < 4.78 is 0. The zero-order valence-electron chi connectivity index (χ0n) is 31.2. The van der Waals surface area contributed by atoms with Crippen LogP contribution in [0.5, 0.6) is 0 Å². The zero-order chi connectivity index (χ0) is 36.3. The third kappa shape index (κ3) is 4.26. The molecule has 0 saturated heterocycles. The predicted octanol–water partition coefficient (Wildman–Crippen LogP) is 14.8. The van der Waals surface area contributed by atoms with Crippen LogP contribution in [0, 0.1) is 0 Å². The summed E-state index contributed by atoms with van der Waals surface area (Å²) in [6, 6.07) is 63.8. The van der Waals surface area contributed by atoms with Crippen LogP contribution in [0.3, 0.4) is 0 Å². The lowest BCUT2D eigenvalue weighted by Gasteiger charge is -2.26. The van der Waals surface area contributed by atoms with Gasteiger partial charge in [0.25, 0.3) is 0 Å². The first-order chi connectivity index (χ1) is 26.3. The summed E-state index contributed by atoms with van der Waals surface area (Å²) in [5.74, 6) is 0. The van der Waals surface area contributed by atoms with Crippen LogP contribution in [0.1, 0.15) is 49.9 Å². The molecule has 9 aromatic rings. The van der Waals surface area contributed by atoms with Gasteiger partial charge in [-0.2, -0.15) is 0 Å². The molecule has 0 heterocycles. The smallest absolute Gasteiger partial charge is 0.0165 e. The van der Waals surface area contributed by atoms with E-state index in [-0.39, 0.29) is 10.8 Å². The quantitative estimate of drug-likeness (QED) is 0.162. The molecule has 11 rings (SSSR count). The fourth-order valence-electron chi connectivity index (χ4n) is 10.2. The van der Waals surface area contributed by atoms with E-state index in [4.69, 9.17) is 0 Å². The van der Waals surface area contributed by atoms with Crippen molar-refractivity contribution >= 4 is 32.3 Å². The summed E-state index contributed by atoms with van der Waals surface area (Å²) >= 11 is 0. The van der Waals surface area contributed by atoms with Crippen LogP contribution in [0.25, 0.3) is 88.0 Å². The van der Waals surface area contributed by atoms with E-state index in [1.807, 2.05) is 0 Å². The predicted molar refractivity (Wildman–Crippen MR) is 230 cm³/mol. The van der Waals surface area contributed by atoms with E-state index in [0.717, 1.165) is 0 Å². The number of rotatable bonds is 3. The highest BCUT2D eigenvalue weighted by molar-refractivity contribution is 6.22. The summed E-state index contributed by atoms with van der Waals surface area (Å²) in [6.45, 7) is 9.63. The first-order valence-corrected chi connectivity index (χ1v) is 19.3. The van der Waals surface area contributed by atoms with Crippen molar-refractivity contribution < 1.29 is 0 Å². The molecule has 0 heteroatoms. The van der Waals surface area contributed by atoms with Crippen molar-refractivity contribution in [2.24, 2.45) is 0 Å². The van der Waals surface area contributed by atoms with Gasteiger partial charge in [0, 0.05) is 10.8 Å². The Morgan fingerprint density at radius 1 is 0.296 bits per heavy atom. The third-order valence-electron chi connectivity index (χ3n) is 12.8. The van der Waals surface area contributed by atoms with E-state index in [0.29, 0.717) is 0 Å². The van der Waals surface area contributed by atoms with E-state index >= 15 is 0 Å². The molecule has 0 atom stereocenters. The van der Waals surface area contributed by atoms with Crippen LogP contribution < -0.4 is 0 Å². The summed E-state index contributed by atoms with van der Waals surface area (Å²) in [6.07, 6.45) is 0. The van der Waals surface area contributed by atoms with Crippen LogP contribution in [0.4, 0.5) is 0 Å². The van der Waals surface area contributed by atoms with Gasteiger partial charge in [-0.1, -0.05) is 179 Å². The van der Waals surface area contributed by atoms with Crippen LogP contribution in [-0.2, 0) is 10.8 Å². The van der Waals surface area contributed by atoms with Gasteiger partial charge in [0.05, 0.1) is 0 Å². The van der Waals surface area contributed by atoms with Crippen molar-refractivity contribution in [2.75, 3.05) is 0 Å². The number of benzene rings is 9. The van der Waals surface area contributed by atoms with Crippen molar-refractivity contribution in [1.82, 2.24) is 0 Å². The zero-order valence-corrected chi connectivity index (χ0v) is 31.2. The average molecular weight is 689 g/mol. The topological polar surface area (TPSA) is 0 Å². The highest BCUT2D eigenvalue weighted by Gasteiger charge is 2.44. The molecule has 0 radical (unpaired) electrons. The minimum absolute atomic E-state index is 0.0211. The SMILES string of the molecule is CC1(C)c2ccccc2-c2c1ccc1c2C(C)(C)c2ccc(-c3c4ccccc4c(-c4ccc5cc(-c6ccccc6)ccc5c4)c4ccccc34)cc2-1. The molecule has 54 heavy (non-hydrogen) atoms. The summed E-state index contributed by atoms with van der Waals surface area (Å²) in [4.78, 5) is 0. The van der Waals surface area contributed by atoms with Crippen LogP contribution in [0.15, 0.2) is 170 Å². The molecule has 2 aliphatic rings. The van der Waals surface area contributed by atoms with E-state index in [9.17, 15) is 0 Å². The normalized spacial score (nSPS) is 14.6. The lowest BCUT2D eigenvalue weighted by molar-refractivity contribution is 0.647. The maximum Gasteiger partial charge on any atom is 0.0165 e. The maximum absolute atomic E-state index is 2.50. The Balaban J connectivity index is 1.11. The average Bonchev–Trinajstić information content (AvgIpc) is 3.58. The molecule has 0 spiro atoms. The van der Waals surface area contributed by atoms with Gasteiger partial charge in [-0.25, -0.2) is 0 Å². The van der Waals surface area contributed by atoms with Crippen LogP contribution in [0.2, 0.25) is 0 Å². The molecule has 0 aliphatic heterocycles. The van der Waals surface area contributed by atoms with E-state index < -0.39 is 0 Å². The monoisotopic (exact) mass is 688 g/mol. The summed E-state index contributed by atoms with van der Waals surface area (Å²) in [7, 11) is 0. The summed E-state index contributed by atoms with van der Waals surface area (Å²) in [5.41, 5.74) is 18.8. The van der Waals surface area contributed by atoms with E-state index in [1.165, 1.54) is 110 Å². The molecule has 0 N–H and O–H groups in total. The third-order valence-corrected chi connectivity index (χ3v) is 12.8. The van der Waals surface area contributed by atoms with Gasteiger partial charge >= 0.3 is 0 Å². The molecule has 0 saturated carbocycles. The van der Waals surface area contributed by atoms with Gasteiger partial charge in [0.15, 0.2) is 0 Å². The second kappa shape index (κ2) is 11.1. The highest BCUT2D eigenvalue weighted by Crippen LogP contribution is 2.59. The van der Waals surface area contributed by atoms with Gasteiger partial charge in [-0.05, 0) is 128 Å². The number of fused-ring (bicyclic) bond motifs is 10. The van der Waals surface area contributed by atoms with Crippen molar-refractivity contribution in [2.45, 2.75) is 38.5 Å². The lowest BCUT2D eigenvalue weighted by atomic mass is 9.77. The molecule has 9 aromatic carbocycles. The Hall–Kier alpha value is -6.24. The van der Waals surface area contributed by atoms with Crippen LogP contribution in [-0.4, -0.2) is 0 Å². The lowest BCUT2D eigenvalue weighted by Crippen LogP contribution is -2.18. The van der Waals surface area contributed by atoms with Gasteiger partial charge in [-0.3, -0.25) is 0 Å². The molecule has 256 valence electrons. The Kier molecular flexibility index (Phi) is 6.46. The van der Waals surface area contributed by atoms with Gasteiger partial charge < -0.3 is 0 Å². The number of hydrogen-bond acceptors (Lipinski definition) is 0. The Morgan fingerprint density at radius 3 is 1.46 bits per heavy atom. The molecule has 0 nitrogen and oxygen atoms in total. The Morgan fingerprint density at radius 2 is 0.796 bits per heavy atom. The highest BCUT2D eigenvalue weighted by atomic mass is 14.5.